The summed E-state index contributed by atoms with van der Waals surface area (Å²) in [5.41, 5.74) is 0.810. The van der Waals surface area contributed by atoms with E-state index in [0.29, 0.717) is 34.7 Å². The molecule has 10 heteroatoms. The van der Waals surface area contributed by atoms with E-state index in [-0.39, 0.29) is 12.2 Å². The van der Waals surface area contributed by atoms with Crippen LogP contribution >= 0.6 is 0 Å². The van der Waals surface area contributed by atoms with Crippen LogP contribution in [-0.2, 0) is 22.8 Å². The SMILES string of the molecule is CCn1c(=O)c2ccccc2n2c(CO/N=C/C(=O)Nc3cccc(F)c3)nnc12. The van der Waals surface area contributed by atoms with Gasteiger partial charge in [-0.25, -0.2) is 4.39 Å². The molecule has 4 aromatic rings. The zero-order chi connectivity index (χ0) is 21.1. The molecule has 0 aliphatic heterocycles. The van der Waals surface area contributed by atoms with Crippen LogP contribution in [0.1, 0.15) is 12.7 Å². The van der Waals surface area contributed by atoms with Crippen molar-refractivity contribution in [3.63, 3.8) is 0 Å². The largest absolute Gasteiger partial charge is 0.387 e. The summed E-state index contributed by atoms with van der Waals surface area (Å²) in [6.45, 7) is 2.21. The highest BCUT2D eigenvalue weighted by Crippen LogP contribution is 2.15. The van der Waals surface area contributed by atoms with Gasteiger partial charge in [0.2, 0.25) is 5.78 Å². The first-order chi connectivity index (χ1) is 14.6. The molecule has 0 bridgehead atoms. The van der Waals surface area contributed by atoms with Crippen LogP contribution in [0.25, 0.3) is 16.7 Å². The van der Waals surface area contributed by atoms with Crippen molar-refractivity contribution in [2.45, 2.75) is 20.1 Å². The van der Waals surface area contributed by atoms with Crippen molar-refractivity contribution in [1.29, 1.82) is 0 Å². The van der Waals surface area contributed by atoms with Gasteiger partial charge in [0.25, 0.3) is 11.5 Å². The van der Waals surface area contributed by atoms with E-state index in [1.54, 1.807) is 28.7 Å². The lowest BCUT2D eigenvalue weighted by atomic mass is 10.2. The predicted octanol–water partition coefficient (Wildman–Crippen LogP) is 2.34. The molecular weight excluding hydrogens is 391 g/mol. The molecule has 9 nitrogen and oxygen atoms in total. The number of fused-ring (bicyclic) bond motifs is 3. The average molecular weight is 408 g/mol. The number of aromatic nitrogens is 4. The number of halogens is 1. The van der Waals surface area contributed by atoms with E-state index in [9.17, 15) is 14.0 Å². The Labute approximate surface area is 169 Å². The van der Waals surface area contributed by atoms with Crippen molar-refractivity contribution in [3.05, 3.63) is 70.5 Å². The minimum Gasteiger partial charge on any atom is -0.387 e. The number of benzene rings is 2. The van der Waals surface area contributed by atoms with Gasteiger partial charge in [0, 0.05) is 12.2 Å². The summed E-state index contributed by atoms with van der Waals surface area (Å²) in [5, 5.41) is 14.8. The summed E-state index contributed by atoms with van der Waals surface area (Å²) in [6, 6.07) is 12.6. The number of para-hydroxylation sites is 1. The standard InChI is InChI=1S/C20H17FN6O3/c1-2-26-19(29)15-8-3-4-9-16(15)27-17(24-25-20(26)27)12-30-22-11-18(28)23-14-7-5-6-13(21)10-14/h3-11H,2,12H2,1H3,(H,23,28)/b22-11+. The highest BCUT2D eigenvalue weighted by Gasteiger charge is 2.15. The van der Waals surface area contributed by atoms with Gasteiger partial charge in [0.1, 0.15) is 12.0 Å². The minimum absolute atomic E-state index is 0.0726. The molecule has 0 spiro atoms. The van der Waals surface area contributed by atoms with Crippen LogP contribution in [0, 0.1) is 5.82 Å². The molecule has 1 N–H and O–H groups in total. The molecule has 0 unspecified atom stereocenters. The fraction of sp³-hybridized carbons (Fsp3) is 0.150. The molecule has 2 aromatic heterocycles. The Kier molecular flexibility index (Phi) is 5.21. The Morgan fingerprint density at radius 2 is 2.07 bits per heavy atom. The second-order valence-electron chi connectivity index (χ2n) is 6.33. The number of hydrogen-bond acceptors (Lipinski definition) is 6. The molecule has 0 aliphatic rings. The van der Waals surface area contributed by atoms with Crippen LogP contribution in [0.5, 0.6) is 0 Å². The lowest BCUT2D eigenvalue weighted by molar-refractivity contribution is -0.110. The monoisotopic (exact) mass is 408 g/mol. The molecule has 0 atom stereocenters. The average Bonchev–Trinajstić information content (AvgIpc) is 3.15. The second-order valence-corrected chi connectivity index (χ2v) is 6.33. The number of carbonyl (C=O) groups excluding carboxylic acids is 1. The number of hydrogen-bond donors (Lipinski definition) is 1. The molecule has 0 saturated heterocycles. The van der Waals surface area contributed by atoms with Crippen molar-refractivity contribution < 1.29 is 14.0 Å². The Hall–Kier alpha value is -4.08. The van der Waals surface area contributed by atoms with E-state index in [1.807, 2.05) is 13.0 Å². The van der Waals surface area contributed by atoms with Crippen molar-refractivity contribution in [2.24, 2.45) is 5.16 Å². The molecule has 2 aromatic carbocycles. The van der Waals surface area contributed by atoms with Crippen LogP contribution in [0.15, 0.2) is 58.5 Å². The molecule has 1 amide bonds. The fourth-order valence-electron chi connectivity index (χ4n) is 3.11. The summed E-state index contributed by atoms with van der Waals surface area (Å²) < 4.78 is 16.4. The molecule has 152 valence electrons. The Morgan fingerprint density at radius 1 is 1.23 bits per heavy atom. The van der Waals surface area contributed by atoms with E-state index < -0.39 is 11.7 Å². The van der Waals surface area contributed by atoms with Gasteiger partial charge < -0.3 is 10.2 Å². The van der Waals surface area contributed by atoms with Crippen LogP contribution in [0.2, 0.25) is 0 Å². The third kappa shape index (κ3) is 3.62. The zero-order valence-corrected chi connectivity index (χ0v) is 15.9. The minimum atomic E-state index is -0.572. The predicted molar refractivity (Wildman–Crippen MR) is 109 cm³/mol. The van der Waals surface area contributed by atoms with Gasteiger partial charge in [-0.05, 0) is 37.3 Å². The van der Waals surface area contributed by atoms with E-state index >= 15 is 0 Å². The van der Waals surface area contributed by atoms with Gasteiger partial charge in [0.15, 0.2) is 12.4 Å². The van der Waals surface area contributed by atoms with Crippen LogP contribution in [0.4, 0.5) is 10.1 Å². The lowest BCUT2D eigenvalue weighted by Crippen LogP contribution is -2.22. The normalized spacial score (nSPS) is 11.4. The van der Waals surface area contributed by atoms with Gasteiger partial charge >= 0.3 is 0 Å². The van der Waals surface area contributed by atoms with Crippen molar-refractivity contribution in [2.75, 3.05) is 5.32 Å². The number of carbonyl (C=O) groups is 1. The number of oxime groups is 1. The van der Waals surface area contributed by atoms with E-state index in [1.165, 1.54) is 22.8 Å². The number of amides is 1. The van der Waals surface area contributed by atoms with Gasteiger partial charge in [-0.2, -0.15) is 0 Å². The topological polar surface area (TPSA) is 103 Å². The van der Waals surface area contributed by atoms with Gasteiger partial charge in [-0.3, -0.25) is 18.6 Å². The highest BCUT2D eigenvalue weighted by atomic mass is 19.1. The summed E-state index contributed by atoms with van der Waals surface area (Å²) in [7, 11) is 0. The number of anilines is 1. The molecular formula is C20H17FN6O3. The van der Waals surface area contributed by atoms with Gasteiger partial charge in [0.05, 0.1) is 10.9 Å². The summed E-state index contributed by atoms with van der Waals surface area (Å²) in [6.07, 6.45) is 0.939. The van der Waals surface area contributed by atoms with Crippen molar-refractivity contribution in [1.82, 2.24) is 19.2 Å². The molecule has 0 fully saturated rings. The van der Waals surface area contributed by atoms with E-state index in [2.05, 4.69) is 20.7 Å². The molecule has 30 heavy (non-hydrogen) atoms. The molecule has 0 aliphatic carbocycles. The smallest absolute Gasteiger partial charge is 0.270 e. The summed E-state index contributed by atoms with van der Waals surface area (Å²) in [5.74, 6) is -0.215. The summed E-state index contributed by atoms with van der Waals surface area (Å²) >= 11 is 0. The van der Waals surface area contributed by atoms with Gasteiger partial charge in [-0.15, -0.1) is 10.2 Å². The number of nitrogens with one attached hydrogen (secondary N) is 1. The molecule has 0 saturated carbocycles. The first kappa shape index (κ1) is 19.2. The third-order valence-corrected chi connectivity index (χ3v) is 4.42. The number of rotatable bonds is 6. The quantitative estimate of drug-likeness (QED) is 0.390. The van der Waals surface area contributed by atoms with Crippen molar-refractivity contribution in [3.8, 4) is 0 Å². The molecule has 4 rings (SSSR count). The maximum absolute atomic E-state index is 13.2. The third-order valence-electron chi connectivity index (χ3n) is 4.42. The van der Waals surface area contributed by atoms with Crippen LogP contribution in [-0.4, -0.2) is 31.3 Å². The first-order valence-corrected chi connectivity index (χ1v) is 9.16. The first-order valence-electron chi connectivity index (χ1n) is 9.16. The van der Waals surface area contributed by atoms with Crippen LogP contribution < -0.4 is 10.9 Å². The number of nitrogens with zero attached hydrogens (tertiary/aromatic N) is 5. The Balaban J connectivity index is 1.53. The molecule has 0 radical (unpaired) electrons. The van der Waals surface area contributed by atoms with E-state index in [0.717, 1.165) is 6.21 Å². The fourth-order valence-corrected chi connectivity index (χ4v) is 3.11. The zero-order valence-electron chi connectivity index (χ0n) is 15.9. The lowest BCUT2D eigenvalue weighted by Gasteiger charge is -2.09. The maximum Gasteiger partial charge on any atom is 0.270 e. The van der Waals surface area contributed by atoms with E-state index in [4.69, 9.17) is 4.84 Å². The van der Waals surface area contributed by atoms with Gasteiger partial charge in [-0.1, -0.05) is 23.4 Å². The molecule has 2 heterocycles. The number of aryl methyl sites for hydroxylation is 1. The summed E-state index contributed by atoms with van der Waals surface area (Å²) in [4.78, 5) is 29.7. The van der Waals surface area contributed by atoms with Crippen molar-refractivity contribution >= 4 is 34.5 Å². The Bertz CT molecular complexity index is 1330. The van der Waals surface area contributed by atoms with Crippen LogP contribution in [0.3, 0.4) is 0 Å². The second kappa shape index (κ2) is 8.11. The Morgan fingerprint density at radius 3 is 2.87 bits per heavy atom. The maximum atomic E-state index is 13.2. The highest BCUT2D eigenvalue weighted by molar-refractivity contribution is 6.31.